The van der Waals surface area contributed by atoms with Crippen molar-refractivity contribution in [1.82, 2.24) is 10.6 Å². The van der Waals surface area contributed by atoms with E-state index in [1.165, 1.54) is 12.1 Å². The monoisotopic (exact) mass is 292 g/mol. The van der Waals surface area contributed by atoms with Crippen LogP contribution in [-0.2, 0) is 4.79 Å². The first kappa shape index (κ1) is 13.9. The summed E-state index contributed by atoms with van der Waals surface area (Å²) in [5.41, 5.74) is 6.71. The topological polar surface area (TPSA) is 110 Å². The summed E-state index contributed by atoms with van der Waals surface area (Å²) in [5, 5.41) is 16.9. The number of rotatable bonds is 3. The average Bonchev–Trinajstić information content (AvgIpc) is 2.37. The smallest absolute Gasteiger partial charge is 0.269 e. The maximum Gasteiger partial charge on any atom is 0.269 e. The normalized spacial score (nSPS) is 18.2. The van der Waals surface area contributed by atoms with Gasteiger partial charge in [0.05, 0.1) is 16.5 Å². The number of nitrogens with zero attached hydrogens (tertiary/aromatic N) is 1. The minimum Gasteiger partial charge on any atom is -0.366 e. The van der Waals surface area contributed by atoms with Gasteiger partial charge in [0.25, 0.3) is 5.69 Å². The molecule has 1 atom stereocenters. The minimum absolute atomic E-state index is 0.0600. The van der Waals surface area contributed by atoms with Crippen molar-refractivity contribution in [2.75, 3.05) is 0 Å². The highest BCUT2D eigenvalue weighted by Gasteiger charge is 2.29. The van der Waals surface area contributed by atoms with Gasteiger partial charge in [0.1, 0.15) is 0 Å². The van der Waals surface area contributed by atoms with E-state index < -0.39 is 16.9 Å². The molecule has 1 aromatic rings. The van der Waals surface area contributed by atoms with E-state index in [1.807, 2.05) is 0 Å². The number of nitro groups is 1. The molecule has 0 saturated heterocycles. The number of non-ortho nitro benzene ring substituents is 1. The van der Waals surface area contributed by atoms with Crippen molar-refractivity contribution < 1.29 is 9.72 Å². The Labute approximate surface area is 120 Å². The number of benzene rings is 1. The highest BCUT2D eigenvalue weighted by Crippen LogP contribution is 2.28. The molecule has 7 nitrogen and oxygen atoms in total. The van der Waals surface area contributed by atoms with E-state index in [0.29, 0.717) is 21.9 Å². The highest BCUT2D eigenvalue weighted by atomic mass is 32.1. The van der Waals surface area contributed by atoms with Crippen molar-refractivity contribution in [3.8, 4) is 0 Å². The zero-order valence-electron chi connectivity index (χ0n) is 10.5. The lowest BCUT2D eigenvalue weighted by Crippen LogP contribution is -2.46. The van der Waals surface area contributed by atoms with Crippen LogP contribution in [0.3, 0.4) is 0 Å². The maximum atomic E-state index is 11.6. The summed E-state index contributed by atoms with van der Waals surface area (Å²) >= 11 is 5.04. The molecule has 2 rings (SSSR count). The van der Waals surface area contributed by atoms with Gasteiger partial charge in [-0.15, -0.1) is 0 Å². The highest BCUT2D eigenvalue weighted by molar-refractivity contribution is 7.80. The van der Waals surface area contributed by atoms with E-state index >= 15 is 0 Å². The number of carbonyl (C=O) groups is 1. The molecule has 1 unspecified atom stereocenters. The minimum atomic E-state index is -0.610. The molecule has 4 N–H and O–H groups in total. The van der Waals surface area contributed by atoms with Gasteiger partial charge in [-0.3, -0.25) is 14.9 Å². The van der Waals surface area contributed by atoms with Gasteiger partial charge in [-0.2, -0.15) is 0 Å². The number of carbonyl (C=O) groups excluding carboxylic acids is 1. The van der Waals surface area contributed by atoms with Gasteiger partial charge in [-0.25, -0.2) is 0 Å². The average molecular weight is 292 g/mol. The molecule has 1 heterocycles. The van der Waals surface area contributed by atoms with E-state index in [0.717, 1.165) is 0 Å². The van der Waals surface area contributed by atoms with E-state index in [4.69, 9.17) is 18.0 Å². The third-order valence-corrected chi connectivity index (χ3v) is 3.17. The van der Waals surface area contributed by atoms with Gasteiger partial charge in [-0.1, -0.05) is 12.1 Å². The van der Waals surface area contributed by atoms with E-state index in [9.17, 15) is 14.9 Å². The molecule has 1 amide bonds. The molecular weight excluding hydrogens is 280 g/mol. The van der Waals surface area contributed by atoms with Crippen LogP contribution in [0.5, 0.6) is 0 Å². The third-order valence-electron chi connectivity index (χ3n) is 2.95. The summed E-state index contributed by atoms with van der Waals surface area (Å²) in [7, 11) is 0. The number of primary amides is 1. The zero-order valence-corrected chi connectivity index (χ0v) is 11.4. The van der Waals surface area contributed by atoms with E-state index in [2.05, 4.69) is 10.6 Å². The van der Waals surface area contributed by atoms with Crippen LogP contribution in [-0.4, -0.2) is 15.9 Å². The first-order valence-electron chi connectivity index (χ1n) is 5.72. The van der Waals surface area contributed by atoms with Crippen LogP contribution in [0.15, 0.2) is 35.5 Å². The van der Waals surface area contributed by atoms with Crippen LogP contribution in [0.1, 0.15) is 18.5 Å². The van der Waals surface area contributed by atoms with Gasteiger partial charge in [0, 0.05) is 17.8 Å². The summed E-state index contributed by atoms with van der Waals surface area (Å²) in [5.74, 6) is -0.610. The van der Waals surface area contributed by atoms with Crippen molar-refractivity contribution in [2.45, 2.75) is 13.0 Å². The molecule has 104 valence electrons. The number of nitro benzene ring substituents is 1. The Morgan fingerprint density at radius 2 is 2.20 bits per heavy atom. The van der Waals surface area contributed by atoms with Crippen LogP contribution < -0.4 is 16.4 Å². The number of thiocarbonyl (C=S) groups is 1. The van der Waals surface area contributed by atoms with Crippen molar-refractivity contribution in [2.24, 2.45) is 5.73 Å². The van der Waals surface area contributed by atoms with Crippen molar-refractivity contribution in [3.05, 3.63) is 51.2 Å². The van der Waals surface area contributed by atoms with Crippen molar-refractivity contribution >= 4 is 28.9 Å². The van der Waals surface area contributed by atoms with Gasteiger partial charge < -0.3 is 16.4 Å². The Morgan fingerprint density at radius 3 is 2.80 bits per heavy atom. The molecule has 0 aromatic heterocycles. The fourth-order valence-electron chi connectivity index (χ4n) is 2.09. The molecule has 1 aliphatic heterocycles. The van der Waals surface area contributed by atoms with Crippen molar-refractivity contribution in [1.29, 1.82) is 0 Å². The summed E-state index contributed by atoms with van der Waals surface area (Å²) in [4.78, 5) is 21.9. The van der Waals surface area contributed by atoms with E-state index in [-0.39, 0.29) is 5.69 Å². The summed E-state index contributed by atoms with van der Waals surface area (Å²) in [6.07, 6.45) is 0. The van der Waals surface area contributed by atoms with Gasteiger partial charge >= 0.3 is 0 Å². The Morgan fingerprint density at radius 1 is 1.50 bits per heavy atom. The lowest BCUT2D eigenvalue weighted by Gasteiger charge is -2.29. The summed E-state index contributed by atoms with van der Waals surface area (Å²) in [6, 6.07) is 5.40. The molecule has 0 aliphatic carbocycles. The van der Waals surface area contributed by atoms with Crippen LogP contribution in [0.4, 0.5) is 5.69 Å². The van der Waals surface area contributed by atoms with Crippen LogP contribution >= 0.6 is 12.2 Å². The van der Waals surface area contributed by atoms with Crippen LogP contribution in [0.25, 0.3) is 0 Å². The SMILES string of the molecule is CC1=C(C(N)=O)C(c2cccc([N+](=O)[O-])c2)NC(=S)N1. The Balaban J connectivity index is 2.51. The van der Waals surface area contributed by atoms with Gasteiger partial charge in [0.2, 0.25) is 5.91 Å². The van der Waals surface area contributed by atoms with Crippen LogP contribution in [0.2, 0.25) is 0 Å². The third kappa shape index (κ3) is 2.59. The molecule has 0 saturated carbocycles. The molecule has 0 radical (unpaired) electrons. The standard InChI is InChI=1S/C12H12N4O3S/c1-6-9(11(13)17)10(15-12(20)14-6)7-3-2-4-8(5-7)16(18)19/h2-5,10H,1H3,(H2,13,17)(H2,14,15,20). The molecule has 20 heavy (non-hydrogen) atoms. The number of nitrogens with two attached hydrogens (primary N) is 1. The Kier molecular flexibility index (Phi) is 3.66. The second-order valence-electron chi connectivity index (χ2n) is 4.29. The molecule has 0 bridgehead atoms. The predicted molar refractivity (Wildman–Crippen MR) is 76.6 cm³/mol. The molecule has 1 aromatic carbocycles. The van der Waals surface area contributed by atoms with Gasteiger partial charge in [-0.05, 0) is 24.7 Å². The Bertz CT molecular complexity index is 641. The fraction of sp³-hybridized carbons (Fsp3) is 0.167. The first-order chi connectivity index (χ1) is 9.40. The number of hydrogen-bond acceptors (Lipinski definition) is 4. The van der Waals surface area contributed by atoms with Gasteiger partial charge in [0.15, 0.2) is 5.11 Å². The maximum absolute atomic E-state index is 11.6. The molecule has 8 heteroatoms. The number of allylic oxidation sites excluding steroid dienone is 1. The Hall–Kier alpha value is -2.48. The lowest BCUT2D eigenvalue weighted by molar-refractivity contribution is -0.384. The molecule has 0 spiro atoms. The molecular formula is C12H12N4O3S. The van der Waals surface area contributed by atoms with Crippen LogP contribution in [0, 0.1) is 10.1 Å². The number of amides is 1. The second kappa shape index (κ2) is 5.25. The lowest BCUT2D eigenvalue weighted by atomic mass is 9.95. The first-order valence-corrected chi connectivity index (χ1v) is 6.13. The molecule has 0 fully saturated rings. The van der Waals surface area contributed by atoms with E-state index in [1.54, 1.807) is 19.1 Å². The summed E-state index contributed by atoms with van der Waals surface area (Å²) < 4.78 is 0. The summed E-state index contributed by atoms with van der Waals surface area (Å²) in [6.45, 7) is 1.68. The van der Waals surface area contributed by atoms with Crippen molar-refractivity contribution in [3.63, 3.8) is 0 Å². The fourth-order valence-corrected chi connectivity index (χ4v) is 2.36. The number of nitrogens with one attached hydrogen (secondary N) is 2. The predicted octanol–water partition coefficient (Wildman–Crippen LogP) is 0.873. The number of hydrogen-bond donors (Lipinski definition) is 3. The largest absolute Gasteiger partial charge is 0.366 e. The second-order valence-corrected chi connectivity index (χ2v) is 4.69. The molecule has 1 aliphatic rings. The quantitative estimate of drug-likeness (QED) is 0.433. The zero-order chi connectivity index (χ0) is 14.9.